The lowest BCUT2D eigenvalue weighted by Crippen LogP contribution is -2.50. The van der Waals surface area contributed by atoms with E-state index in [1.807, 2.05) is 25.6 Å². The number of amides is 1. The molecule has 1 aliphatic heterocycles. The fraction of sp³-hybridized carbons (Fsp3) is 0.917. The van der Waals surface area contributed by atoms with Gasteiger partial charge in [-0.15, -0.1) is 12.4 Å². The Hall–Kier alpha value is 0.0300. The van der Waals surface area contributed by atoms with Crippen molar-refractivity contribution in [1.82, 2.24) is 5.32 Å². The van der Waals surface area contributed by atoms with Gasteiger partial charge in [0.15, 0.2) is 0 Å². The van der Waals surface area contributed by atoms with Gasteiger partial charge in [-0.3, -0.25) is 4.79 Å². The van der Waals surface area contributed by atoms with E-state index in [-0.39, 0.29) is 29.0 Å². The quantitative estimate of drug-likeness (QED) is 0.805. The molecule has 0 aromatic heterocycles. The Morgan fingerprint density at radius 1 is 1.44 bits per heavy atom. The number of hydrogen-bond acceptors (Lipinski definition) is 4. The molecule has 1 atom stereocenters. The molecule has 3 N–H and O–H groups in total. The molecule has 0 unspecified atom stereocenters. The van der Waals surface area contributed by atoms with E-state index in [1.54, 1.807) is 0 Å². The molecule has 0 aromatic rings. The molecule has 6 heteroatoms. The summed E-state index contributed by atoms with van der Waals surface area (Å²) < 4.78 is 5.50. The second-order valence-corrected chi connectivity index (χ2v) is 6.26. The Morgan fingerprint density at radius 3 is 2.44 bits per heavy atom. The third-order valence-corrected chi connectivity index (χ3v) is 4.86. The largest absolute Gasteiger partial charge is 0.381 e. The highest BCUT2D eigenvalue weighted by Crippen LogP contribution is 2.32. The van der Waals surface area contributed by atoms with Gasteiger partial charge in [0, 0.05) is 24.5 Å². The van der Waals surface area contributed by atoms with Crippen molar-refractivity contribution in [1.29, 1.82) is 0 Å². The third-order valence-electron chi connectivity index (χ3n) is 3.44. The molecule has 108 valence electrons. The molecule has 0 saturated carbocycles. The van der Waals surface area contributed by atoms with E-state index in [1.165, 1.54) is 0 Å². The predicted molar refractivity (Wildman–Crippen MR) is 79.4 cm³/mol. The average molecular weight is 297 g/mol. The van der Waals surface area contributed by atoms with Crippen LogP contribution in [0.2, 0.25) is 0 Å². The smallest absolute Gasteiger partial charge is 0.237 e. The van der Waals surface area contributed by atoms with E-state index in [2.05, 4.69) is 11.6 Å². The number of thioether (sulfide) groups is 1. The number of carbonyl (C=O) groups is 1. The van der Waals surface area contributed by atoms with Crippen LogP contribution in [0.3, 0.4) is 0 Å². The standard InChI is InChI=1S/C12H24N2O2S.ClH/c1-9(2)10(13)11(15)14-8-12(17-3)4-6-16-7-5-12;/h9-10H,4-8,13H2,1-3H3,(H,14,15);1H/t10-;/m0./s1. The molecule has 0 aliphatic carbocycles. The number of hydrogen-bond donors (Lipinski definition) is 2. The summed E-state index contributed by atoms with van der Waals surface area (Å²) in [5, 5.41) is 2.98. The second-order valence-electron chi connectivity index (χ2n) is 4.99. The van der Waals surface area contributed by atoms with Crippen molar-refractivity contribution in [2.45, 2.75) is 37.5 Å². The number of nitrogens with one attached hydrogen (secondary N) is 1. The minimum Gasteiger partial charge on any atom is -0.381 e. The molecule has 0 spiro atoms. The Bertz CT molecular complexity index is 258. The summed E-state index contributed by atoms with van der Waals surface area (Å²) in [5.41, 5.74) is 5.82. The summed E-state index contributed by atoms with van der Waals surface area (Å²) in [6, 6.07) is -0.409. The summed E-state index contributed by atoms with van der Waals surface area (Å²) >= 11 is 1.82. The van der Waals surface area contributed by atoms with Gasteiger partial charge in [-0.1, -0.05) is 13.8 Å². The second kappa shape index (κ2) is 8.25. The first-order valence-electron chi connectivity index (χ1n) is 6.17. The van der Waals surface area contributed by atoms with Gasteiger partial charge in [0.2, 0.25) is 5.91 Å². The van der Waals surface area contributed by atoms with Gasteiger partial charge in [-0.2, -0.15) is 11.8 Å². The summed E-state index contributed by atoms with van der Waals surface area (Å²) in [4.78, 5) is 11.8. The maximum absolute atomic E-state index is 11.8. The van der Waals surface area contributed by atoms with Crippen LogP contribution in [0.1, 0.15) is 26.7 Å². The van der Waals surface area contributed by atoms with Gasteiger partial charge in [0.1, 0.15) is 0 Å². The molecule has 1 rings (SSSR count). The van der Waals surface area contributed by atoms with E-state index in [4.69, 9.17) is 10.5 Å². The summed E-state index contributed by atoms with van der Waals surface area (Å²) in [7, 11) is 0. The first-order valence-corrected chi connectivity index (χ1v) is 7.39. The molecule has 1 fully saturated rings. The number of ether oxygens (including phenoxy) is 1. The Kier molecular flexibility index (Phi) is 8.26. The SMILES string of the molecule is CSC1(CNC(=O)[C@@H](N)C(C)C)CCOCC1.Cl. The van der Waals surface area contributed by atoms with Crippen molar-refractivity contribution in [2.75, 3.05) is 26.0 Å². The monoisotopic (exact) mass is 296 g/mol. The molecule has 1 aliphatic rings. The van der Waals surface area contributed by atoms with Crippen molar-refractivity contribution in [3.05, 3.63) is 0 Å². The molecule has 1 heterocycles. The minimum atomic E-state index is -0.409. The molecule has 18 heavy (non-hydrogen) atoms. The van der Waals surface area contributed by atoms with Crippen LogP contribution in [0, 0.1) is 5.92 Å². The molecule has 4 nitrogen and oxygen atoms in total. The number of carbonyl (C=O) groups excluding carboxylic acids is 1. The van der Waals surface area contributed by atoms with Crippen LogP contribution < -0.4 is 11.1 Å². The van der Waals surface area contributed by atoms with E-state index in [9.17, 15) is 4.79 Å². The summed E-state index contributed by atoms with van der Waals surface area (Å²) in [6.45, 7) is 6.18. The van der Waals surface area contributed by atoms with Gasteiger partial charge in [-0.05, 0) is 25.0 Å². The first-order chi connectivity index (χ1) is 8.01. The lowest BCUT2D eigenvalue weighted by Gasteiger charge is -2.36. The highest BCUT2D eigenvalue weighted by Gasteiger charge is 2.32. The third kappa shape index (κ3) is 4.96. The lowest BCUT2D eigenvalue weighted by molar-refractivity contribution is -0.123. The number of nitrogens with two attached hydrogens (primary N) is 1. The lowest BCUT2D eigenvalue weighted by atomic mass is 9.98. The van der Waals surface area contributed by atoms with Crippen molar-refractivity contribution >= 4 is 30.1 Å². The van der Waals surface area contributed by atoms with E-state index >= 15 is 0 Å². The fourth-order valence-electron chi connectivity index (χ4n) is 1.87. The number of rotatable bonds is 5. The van der Waals surface area contributed by atoms with Crippen LogP contribution >= 0.6 is 24.2 Å². The van der Waals surface area contributed by atoms with E-state index in [0.717, 1.165) is 26.1 Å². The Morgan fingerprint density at radius 2 is 2.00 bits per heavy atom. The maximum Gasteiger partial charge on any atom is 0.237 e. The summed E-state index contributed by atoms with van der Waals surface area (Å²) in [6.07, 6.45) is 4.08. The Balaban J connectivity index is 0.00000289. The normalized spacial score (nSPS) is 20.1. The molecule has 0 aromatic carbocycles. The maximum atomic E-state index is 11.8. The van der Waals surface area contributed by atoms with Crippen LogP contribution in [0.5, 0.6) is 0 Å². The van der Waals surface area contributed by atoms with Crippen molar-refractivity contribution in [2.24, 2.45) is 11.7 Å². The van der Waals surface area contributed by atoms with Gasteiger partial charge < -0.3 is 15.8 Å². The molecule has 0 radical (unpaired) electrons. The van der Waals surface area contributed by atoms with Crippen LogP contribution in [-0.2, 0) is 9.53 Å². The van der Waals surface area contributed by atoms with Crippen LogP contribution in [0.15, 0.2) is 0 Å². The molecule has 0 bridgehead atoms. The van der Waals surface area contributed by atoms with Gasteiger partial charge in [0.25, 0.3) is 0 Å². The zero-order valence-electron chi connectivity index (χ0n) is 11.4. The summed E-state index contributed by atoms with van der Waals surface area (Å²) in [5.74, 6) is 0.134. The van der Waals surface area contributed by atoms with Crippen molar-refractivity contribution in [3.8, 4) is 0 Å². The van der Waals surface area contributed by atoms with Crippen molar-refractivity contribution < 1.29 is 9.53 Å². The fourth-order valence-corrected chi connectivity index (χ4v) is 2.66. The van der Waals surface area contributed by atoms with Gasteiger partial charge in [-0.25, -0.2) is 0 Å². The van der Waals surface area contributed by atoms with Crippen molar-refractivity contribution in [3.63, 3.8) is 0 Å². The van der Waals surface area contributed by atoms with E-state index in [0.29, 0.717) is 6.54 Å². The zero-order valence-corrected chi connectivity index (χ0v) is 13.0. The average Bonchev–Trinajstić information content (AvgIpc) is 2.36. The first kappa shape index (κ1) is 18.0. The highest BCUT2D eigenvalue weighted by atomic mass is 35.5. The van der Waals surface area contributed by atoms with Crippen LogP contribution in [-0.4, -0.2) is 42.7 Å². The highest BCUT2D eigenvalue weighted by molar-refractivity contribution is 8.00. The molecule has 1 amide bonds. The topological polar surface area (TPSA) is 64.4 Å². The molecular weight excluding hydrogens is 272 g/mol. The van der Waals surface area contributed by atoms with Gasteiger partial charge in [0.05, 0.1) is 6.04 Å². The van der Waals surface area contributed by atoms with Crippen LogP contribution in [0.4, 0.5) is 0 Å². The zero-order chi connectivity index (χ0) is 12.9. The minimum absolute atomic E-state index is 0. The predicted octanol–water partition coefficient (Wildman–Crippen LogP) is 1.42. The van der Waals surface area contributed by atoms with Gasteiger partial charge >= 0.3 is 0 Å². The van der Waals surface area contributed by atoms with Crippen LogP contribution in [0.25, 0.3) is 0 Å². The number of halogens is 1. The molecule has 1 saturated heterocycles. The Labute approximate surface area is 120 Å². The molecular formula is C12H25ClN2O2S. The van der Waals surface area contributed by atoms with E-state index < -0.39 is 6.04 Å².